The molecule has 0 spiro atoms. The molecule has 3 aromatic rings. The average molecular weight is 465 g/mol. The fraction of sp³-hybridized carbons (Fsp3) is 0.200. The smallest absolute Gasteiger partial charge is 0.253 e. The highest BCUT2D eigenvalue weighted by atomic mass is 79.9. The first kappa shape index (κ1) is 21.8. The maximum Gasteiger partial charge on any atom is 0.253 e. The quantitative estimate of drug-likeness (QED) is 0.489. The largest absolute Gasteiger partial charge is 0.340 e. The Balaban J connectivity index is 1.76. The second-order valence-electron chi connectivity index (χ2n) is 7.48. The van der Waals surface area contributed by atoms with Crippen LogP contribution < -0.4 is 10.6 Å². The molecule has 0 saturated heterocycles. The monoisotopic (exact) mass is 464 g/mol. The van der Waals surface area contributed by atoms with Gasteiger partial charge in [0.25, 0.3) is 5.91 Å². The third-order valence-corrected chi connectivity index (χ3v) is 5.56. The highest BCUT2D eigenvalue weighted by Gasteiger charge is 2.26. The van der Waals surface area contributed by atoms with E-state index in [-0.39, 0.29) is 17.7 Å². The van der Waals surface area contributed by atoms with E-state index in [2.05, 4.69) is 38.7 Å². The topological polar surface area (TPSA) is 58.2 Å². The molecule has 4 nitrogen and oxygen atoms in total. The van der Waals surface area contributed by atoms with E-state index in [9.17, 15) is 9.59 Å². The van der Waals surface area contributed by atoms with Crippen LogP contribution in [0, 0.1) is 5.92 Å². The summed E-state index contributed by atoms with van der Waals surface area (Å²) in [6.45, 7) is 3.83. The molecule has 0 heterocycles. The summed E-state index contributed by atoms with van der Waals surface area (Å²) in [5.41, 5.74) is 3.45. The third kappa shape index (κ3) is 5.57. The average Bonchev–Trinajstić information content (AvgIpc) is 2.74. The molecule has 0 aliphatic rings. The first-order valence-corrected chi connectivity index (χ1v) is 10.7. The Labute approximate surface area is 185 Å². The molecule has 154 valence electrons. The van der Waals surface area contributed by atoms with Crippen molar-refractivity contribution in [1.29, 1.82) is 0 Å². The van der Waals surface area contributed by atoms with Crippen molar-refractivity contribution in [1.82, 2.24) is 5.32 Å². The van der Waals surface area contributed by atoms with E-state index in [4.69, 9.17) is 0 Å². The van der Waals surface area contributed by atoms with Crippen LogP contribution in [-0.4, -0.2) is 17.9 Å². The zero-order valence-corrected chi connectivity index (χ0v) is 18.6. The van der Waals surface area contributed by atoms with Crippen molar-refractivity contribution in [3.63, 3.8) is 0 Å². The van der Waals surface area contributed by atoms with Gasteiger partial charge in [-0.25, -0.2) is 0 Å². The molecule has 0 bridgehead atoms. The van der Waals surface area contributed by atoms with E-state index in [1.54, 1.807) is 18.2 Å². The molecular formula is C25H25BrN2O2. The third-order valence-electron chi connectivity index (χ3n) is 4.87. The lowest BCUT2D eigenvalue weighted by Crippen LogP contribution is -2.47. The Morgan fingerprint density at radius 1 is 0.867 bits per heavy atom. The summed E-state index contributed by atoms with van der Waals surface area (Å²) >= 11 is 3.39. The summed E-state index contributed by atoms with van der Waals surface area (Å²) in [5.74, 6) is -0.586. The van der Waals surface area contributed by atoms with Crippen LogP contribution in [0.25, 0.3) is 0 Å². The number of para-hydroxylation sites is 1. The van der Waals surface area contributed by atoms with Gasteiger partial charge in [-0.3, -0.25) is 9.59 Å². The van der Waals surface area contributed by atoms with Gasteiger partial charge in [0, 0.05) is 10.2 Å². The number of carbonyl (C=O) groups is 2. The Hall–Kier alpha value is -2.92. The summed E-state index contributed by atoms with van der Waals surface area (Å²) < 4.78 is 0.693. The highest BCUT2D eigenvalue weighted by molar-refractivity contribution is 9.10. The van der Waals surface area contributed by atoms with Gasteiger partial charge in [-0.1, -0.05) is 74.5 Å². The van der Waals surface area contributed by atoms with Gasteiger partial charge in [0.15, 0.2) is 0 Å². The predicted octanol–water partition coefficient (Wildman–Crippen LogP) is 5.43. The van der Waals surface area contributed by atoms with Crippen molar-refractivity contribution >= 4 is 33.4 Å². The normalized spacial score (nSPS) is 11.7. The second kappa shape index (κ2) is 10.2. The Kier molecular flexibility index (Phi) is 7.41. The van der Waals surface area contributed by atoms with E-state index < -0.39 is 6.04 Å². The lowest BCUT2D eigenvalue weighted by atomic mass is 10.0. The van der Waals surface area contributed by atoms with Crippen LogP contribution >= 0.6 is 15.9 Å². The van der Waals surface area contributed by atoms with Crippen LogP contribution in [0.1, 0.15) is 35.3 Å². The van der Waals surface area contributed by atoms with Crippen molar-refractivity contribution in [3.8, 4) is 0 Å². The zero-order chi connectivity index (χ0) is 21.5. The minimum Gasteiger partial charge on any atom is -0.340 e. The number of amides is 2. The summed E-state index contributed by atoms with van der Waals surface area (Å²) in [5, 5.41) is 5.90. The minimum atomic E-state index is -0.658. The van der Waals surface area contributed by atoms with E-state index >= 15 is 0 Å². The lowest BCUT2D eigenvalue weighted by molar-refractivity contribution is -0.118. The lowest BCUT2D eigenvalue weighted by Gasteiger charge is -2.23. The molecule has 0 unspecified atom stereocenters. The number of halogens is 1. The van der Waals surface area contributed by atoms with Crippen LogP contribution in [0.15, 0.2) is 83.3 Å². The summed E-state index contributed by atoms with van der Waals surface area (Å²) in [4.78, 5) is 25.8. The van der Waals surface area contributed by atoms with Gasteiger partial charge >= 0.3 is 0 Å². The van der Waals surface area contributed by atoms with Gasteiger partial charge in [-0.15, -0.1) is 0 Å². The molecule has 1 atom stereocenters. The van der Waals surface area contributed by atoms with Crippen LogP contribution in [0.3, 0.4) is 0 Å². The van der Waals surface area contributed by atoms with E-state index in [1.807, 2.05) is 62.4 Å². The van der Waals surface area contributed by atoms with Crippen molar-refractivity contribution in [2.45, 2.75) is 26.3 Å². The SMILES string of the molecule is CC(C)[C@H](NC(=O)c1ccccc1Br)C(=O)Nc1ccccc1Cc1ccccc1. The number of hydrogen-bond acceptors (Lipinski definition) is 2. The number of carbonyl (C=O) groups excluding carboxylic acids is 2. The van der Waals surface area contributed by atoms with Crippen molar-refractivity contribution < 1.29 is 9.59 Å². The van der Waals surface area contributed by atoms with Gasteiger partial charge in [-0.05, 0) is 57.6 Å². The Morgan fingerprint density at radius 2 is 1.50 bits per heavy atom. The number of benzene rings is 3. The first-order chi connectivity index (χ1) is 14.5. The fourth-order valence-electron chi connectivity index (χ4n) is 3.22. The number of hydrogen-bond donors (Lipinski definition) is 2. The number of anilines is 1. The van der Waals surface area contributed by atoms with Gasteiger partial charge < -0.3 is 10.6 Å². The Morgan fingerprint density at radius 3 is 2.20 bits per heavy atom. The van der Waals surface area contributed by atoms with Gasteiger partial charge in [-0.2, -0.15) is 0 Å². The molecule has 3 aromatic carbocycles. The fourth-order valence-corrected chi connectivity index (χ4v) is 3.69. The van der Waals surface area contributed by atoms with E-state index in [1.165, 1.54) is 5.56 Å². The molecule has 2 N–H and O–H groups in total. The molecule has 5 heteroatoms. The van der Waals surface area contributed by atoms with E-state index in [0.29, 0.717) is 16.5 Å². The number of rotatable bonds is 7. The summed E-state index contributed by atoms with van der Waals surface area (Å²) in [6.07, 6.45) is 0.715. The van der Waals surface area contributed by atoms with Crippen molar-refractivity contribution in [2.75, 3.05) is 5.32 Å². The highest BCUT2D eigenvalue weighted by Crippen LogP contribution is 2.21. The molecular weight excluding hydrogens is 440 g/mol. The summed E-state index contributed by atoms with van der Waals surface area (Å²) in [6, 6.07) is 24.4. The van der Waals surface area contributed by atoms with Crippen LogP contribution in [0.2, 0.25) is 0 Å². The maximum absolute atomic E-state index is 13.1. The standard InChI is InChI=1S/C25H25BrN2O2/c1-17(2)23(28-24(29)20-13-7-8-14-21(20)26)25(30)27-22-15-9-6-12-19(22)16-18-10-4-3-5-11-18/h3-15,17,23H,16H2,1-2H3,(H,27,30)(H,28,29)/t23-/m0/s1. The van der Waals surface area contributed by atoms with Crippen LogP contribution in [0.5, 0.6) is 0 Å². The molecule has 2 amide bonds. The van der Waals surface area contributed by atoms with Gasteiger partial charge in [0.05, 0.1) is 5.56 Å². The molecule has 0 aliphatic heterocycles. The first-order valence-electron chi connectivity index (χ1n) is 9.94. The van der Waals surface area contributed by atoms with Gasteiger partial charge in [0.2, 0.25) is 5.91 Å². The zero-order valence-electron chi connectivity index (χ0n) is 17.1. The van der Waals surface area contributed by atoms with Crippen LogP contribution in [0.4, 0.5) is 5.69 Å². The molecule has 3 rings (SSSR count). The van der Waals surface area contributed by atoms with Crippen molar-refractivity contribution in [3.05, 3.63) is 100 Å². The molecule has 0 aliphatic carbocycles. The number of nitrogens with one attached hydrogen (secondary N) is 2. The molecule has 0 radical (unpaired) electrons. The molecule has 30 heavy (non-hydrogen) atoms. The van der Waals surface area contributed by atoms with Crippen molar-refractivity contribution in [2.24, 2.45) is 5.92 Å². The molecule has 0 saturated carbocycles. The van der Waals surface area contributed by atoms with E-state index in [0.717, 1.165) is 11.3 Å². The van der Waals surface area contributed by atoms with Gasteiger partial charge in [0.1, 0.15) is 6.04 Å². The summed E-state index contributed by atoms with van der Waals surface area (Å²) in [7, 11) is 0. The second-order valence-corrected chi connectivity index (χ2v) is 8.34. The Bertz CT molecular complexity index is 1020. The predicted molar refractivity (Wildman–Crippen MR) is 125 cm³/mol. The van der Waals surface area contributed by atoms with Crippen LogP contribution in [-0.2, 0) is 11.2 Å². The maximum atomic E-state index is 13.1. The molecule has 0 fully saturated rings. The molecule has 0 aromatic heterocycles. The minimum absolute atomic E-state index is 0.0716.